The minimum absolute atomic E-state index is 0.0699. The number of benzene rings is 2. The first-order valence-electron chi connectivity index (χ1n) is 7.37. The van der Waals surface area contributed by atoms with Crippen LogP contribution in [0.2, 0.25) is 0 Å². The molecule has 0 spiro atoms. The van der Waals surface area contributed by atoms with Gasteiger partial charge in [-0.2, -0.15) is 0 Å². The fourth-order valence-corrected chi connectivity index (χ4v) is 2.13. The lowest BCUT2D eigenvalue weighted by molar-refractivity contribution is 0.102. The van der Waals surface area contributed by atoms with Gasteiger partial charge in [0.25, 0.3) is 5.91 Å². The van der Waals surface area contributed by atoms with Gasteiger partial charge in [0.15, 0.2) is 11.6 Å². The van der Waals surface area contributed by atoms with Gasteiger partial charge in [-0.25, -0.2) is 22.5 Å². The number of rotatable bonds is 4. The third-order valence-electron chi connectivity index (χ3n) is 3.42. The maximum absolute atomic E-state index is 13.6. The molecule has 8 heteroatoms. The molecule has 0 bridgehead atoms. The molecule has 3 rings (SSSR count). The first kappa shape index (κ1) is 17.4. The zero-order valence-electron chi connectivity index (χ0n) is 13.1. The third-order valence-corrected chi connectivity index (χ3v) is 3.42. The lowest BCUT2D eigenvalue weighted by atomic mass is 10.2. The number of hydrogen-bond acceptors (Lipinski definition) is 3. The maximum atomic E-state index is 13.6. The molecule has 2 N–H and O–H groups in total. The van der Waals surface area contributed by atoms with Gasteiger partial charge in [0, 0.05) is 5.56 Å². The van der Waals surface area contributed by atoms with Crippen molar-refractivity contribution in [2.45, 2.75) is 0 Å². The van der Waals surface area contributed by atoms with Crippen LogP contribution >= 0.6 is 0 Å². The number of para-hydroxylation sites is 1. The number of amides is 1. The quantitative estimate of drug-likeness (QED) is 0.666. The van der Waals surface area contributed by atoms with E-state index in [0.29, 0.717) is 0 Å². The SMILES string of the molecule is O=C(Nc1ccc(Nc2c(F)cccc2F)nc1)c1ccc(F)c(F)c1. The van der Waals surface area contributed by atoms with E-state index in [0.717, 1.165) is 30.3 Å². The van der Waals surface area contributed by atoms with Crippen LogP contribution in [-0.4, -0.2) is 10.9 Å². The van der Waals surface area contributed by atoms with Gasteiger partial charge in [0.2, 0.25) is 0 Å². The van der Waals surface area contributed by atoms with Gasteiger partial charge in [-0.3, -0.25) is 4.79 Å². The van der Waals surface area contributed by atoms with Crippen molar-refractivity contribution in [3.8, 4) is 0 Å². The highest BCUT2D eigenvalue weighted by Crippen LogP contribution is 2.22. The van der Waals surface area contributed by atoms with Crippen molar-refractivity contribution in [3.05, 3.63) is 83.6 Å². The second kappa shape index (κ2) is 7.22. The van der Waals surface area contributed by atoms with Crippen LogP contribution in [0.4, 0.5) is 34.8 Å². The number of carbonyl (C=O) groups is 1. The van der Waals surface area contributed by atoms with E-state index in [-0.39, 0.29) is 22.8 Å². The van der Waals surface area contributed by atoms with Crippen molar-refractivity contribution in [2.24, 2.45) is 0 Å². The van der Waals surface area contributed by atoms with Crippen LogP contribution < -0.4 is 10.6 Å². The van der Waals surface area contributed by atoms with E-state index in [2.05, 4.69) is 15.6 Å². The summed E-state index contributed by atoms with van der Waals surface area (Å²) in [5, 5.41) is 4.95. The fourth-order valence-electron chi connectivity index (χ4n) is 2.13. The van der Waals surface area contributed by atoms with Crippen LogP contribution in [-0.2, 0) is 0 Å². The predicted octanol–water partition coefficient (Wildman–Crippen LogP) is 4.63. The Morgan fingerprint density at radius 2 is 1.58 bits per heavy atom. The number of anilines is 3. The number of hydrogen-bond donors (Lipinski definition) is 2. The molecule has 26 heavy (non-hydrogen) atoms. The van der Waals surface area contributed by atoms with E-state index < -0.39 is 29.2 Å². The molecule has 2 aromatic carbocycles. The predicted molar refractivity (Wildman–Crippen MR) is 88.2 cm³/mol. The largest absolute Gasteiger partial charge is 0.335 e. The van der Waals surface area contributed by atoms with Crippen molar-refractivity contribution in [3.63, 3.8) is 0 Å². The minimum atomic E-state index is -1.14. The van der Waals surface area contributed by atoms with Crippen LogP contribution in [0.25, 0.3) is 0 Å². The molecule has 4 nitrogen and oxygen atoms in total. The molecule has 0 aliphatic heterocycles. The summed E-state index contributed by atoms with van der Waals surface area (Å²) in [4.78, 5) is 15.9. The fraction of sp³-hybridized carbons (Fsp3) is 0. The van der Waals surface area contributed by atoms with Crippen LogP contribution in [0, 0.1) is 23.3 Å². The van der Waals surface area contributed by atoms with Crippen LogP contribution in [0.15, 0.2) is 54.7 Å². The highest BCUT2D eigenvalue weighted by Gasteiger charge is 2.11. The van der Waals surface area contributed by atoms with Crippen molar-refractivity contribution < 1.29 is 22.4 Å². The first-order valence-corrected chi connectivity index (χ1v) is 7.37. The van der Waals surface area contributed by atoms with E-state index in [4.69, 9.17) is 0 Å². The zero-order valence-corrected chi connectivity index (χ0v) is 13.1. The second-order valence-electron chi connectivity index (χ2n) is 5.24. The van der Waals surface area contributed by atoms with Gasteiger partial charge in [-0.1, -0.05) is 6.07 Å². The molecule has 1 heterocycles. The Balaban J connectivity index is 1.71. The number of pyridine rings is 1. The molecule has 0 radical (unpaired) electrons. The Bertz CT molecular complexity index is 941. The third kappa shape index (κ3) is 3.80. The van der Waals surface area contributed by atoms with E-state index in [1.807, 2.05) is 0 Å². The molecule has 0 atom stereocenters. The Morgan fingerprint density at radius 1 is 0.846 bits per heavy atom. The molecule has 0 fully saturated rings. The monoisotopic (exact) mass is 361 g/mol. The molecular formula is C18H11F4N3O. The molecular weight excluding hydrogens is 350 g/mol. The maximum Gasteiger partial charge on any atom is 0.255 e. The molecule has 0 aliphatic rings. The van der Waals surface area contributed by atoms with Gasteiger partial charge >= 0.3 is 0 Å². The lowest BCUT2D eigenvalue weighted by Crippen LogP contribution is -2.12. The summed E-state index contributed by atoms with van der Waals surface area (Å²) >= 11 is 0. The number of halogens is 4. The number of carbonyl (C=O) groups excluding carboxylic acids is 1. The summed E-state index contributed by atoms with van der Waals surface area (Å²) in [7, 11) is 0. The minimum Gasteiger partial charge on any atom is -0.335 e. The smallest absolute Gasteiger partial charge is 0.255 e. The lowest BCUT2D eigenvalue weighted by Gasteiger charge is -2.09. The molecule has 3 aromatic rings. The Hall–Kier alpha value is -3.42. The van der Waals surface area contributed by atoms with Crippen molar-refractivity contribution in [1.29, 1.82) is 0 Å². The van der Waals surface area contributed by atoms with Crippen molar-refractivity contribution in [2.75, 3.05) is 10.6 Å². The van der Waals surface area contributed by atoms with Gasteiger partial charge in [-0.05, 0) is 42.5 Å². The van der Waals surface area contributed by atoms with E-state index >= 15 is 0 Å². The summed E-state index contributed by atoms with van der Waals surface area (Å²) in [6, 6.07) is 9.02. The molecule has 0 saturated carbocycles. The summed E-state index contributed by atoms with van der Waals surface area (Å²) in [5.41, 5.74) is -0.155. The van der Waals surface area contributed by atoms with Crippen molar-refractivity contribution in [1.82, 2.24) is 4.98 Å². The zero-order chi connectivity index (χ0) is 18.7. The average molecular weight is 361 g/mol. The normalized spacial score (nSPS) is 10.5. The number of nitrogens with one attached hydrogen (secondary N) is 2. The van der Waals surface area contributed by atoms with Crippen LogP contribution in [0.3, 0.4) is 0 Å². The summed E-state index contributed by atoms with van der Waals surface area (Å²) < 4.78 is 53.2. The van der Waals surface area contributed by atoms with Crippen LogP contribution in [0.5, 0.6) is 0 Å². The second-order valence-corrected chi connectivity index (χ2v) is 5.24. The average Bonchev–Trinajstić information content (AvgIpc) is 2.62. The first-order chi connectivity index (χ1) is 12.4. The standard InChI is InChI=1S/C18H11F4N3O/c19-12-6-4-10(8-15(12)22)18(26)24-11-5-7-16(23-9-11)25-17-13(20)2-1-3-14(17)21/h1-9H,(H,23,25)(H,24,26). The molecule has 1 amide bonds. The number of nitrogens with zero attached hydrogens (tertiary/aromatic N) is 1. The van der Waals surface area contributed by atoms with Crippen molar-refractivity contribution >= 4 is 23.1 Å². The van der Waals surface area contributed by atoms with Gasteiger partial charge in [0.05, 0.1) is 11.9 Å². The van der Waals surface area contributed by atoms with Gasteiger partial charge in [-0.15, -0.1) is 0 Å². The highest BCUT2D eigenvalue weighted by atomic mass is 19.2. The van der Waals surface area contributed by atoms with Gasteiger partial charge in [0.1, 0.15) is 23.1 Å². The molecule has 0 unspecified atom stereocenters. The van der Waals surface area contributed by atoms with E-state index in [9.17, 15) is 22.4 Å². The highest BCUT2D eigenvalue weighted by molar-refractivity contribution is 6.04. The summed E-state index contributed by atoms with van der Waals surface area (Å²) in [6.07, 6.45) is 1.25. The van der Waals surface area contributed by atoms with Gasteiger partial charge < -0.3 is 10.6 Å². The molecule has 0 saturated heterocycles. The van der Waals surface area contributed by atoms with E-state index in [1.165, 1.54) is 24.4 Å². The van der Waals surface area contributed by atoms with Crippen LogP contribution in [0.1, 0.15) is 10.4 Å². The topological polar surface area (TPSA) is 54.0 Å². The summed E-state index contributed by atoms with van der Waals surface area (Å²) in [5.74, 6) is -4.25. The summed E-state index contributed by atoms with van der Waals surface area (Å²) in [6.45, 7) is 0. The Morgan fingerprint density at radius 3 is 2.19 bits per heavy atom. The Labute approximate surface area is 145 Å². The molecule has 1 aromatic heterocycles. The van der Waals surface area contributed by atoms with E-state index in [1.54, 1.807) is 0 Å². The molecule has 0 aliphatic carbocycles. The molecule has 132 valence electrons. The Kier molecular flexibility index (Phi) is 4.83. The number of aromatic nitrogens is 1.